The zero-order valence-electron chi connectivity index (χ0n) is 18.9. The van der Waals surface area contributed by atoms with Crippen molar-refractivity contribution in [3.05, 3.63) is 59.7 Å². The van der Waals surface area contributed by atoms with E-state index in [4.69, 9.17) is 14.6 Å². The number of methoxy groups -OCH3 is 1. The largest absolute Gasteiger partial charge is 0.480 e. The Hall–Kier alpha value is -3.39. The van der Waals surface area contributed by atoms with E-state index in [0.717, 1.165) is 11.1 Å². The summed E-state index contributed by atoms with van der Waals surface area (Å²) in [6.45, 7) is 1.98. The van der Waals surface area contributed by atoms with Gasteiger partial charge in [-0.15, -0.1) is 0 Å². The van der Waals surface area contributed by atoms with Crippen molar-refractivity contribution >= 4 is 18.0 Å². The van der Waals surface area contributed by atoms with Crippen molar-refractivity contribution in [3.63, 3.8) is 0 Å². The van der Waals surface area contributed by atoms with Crippen molar-refractivity contribution in [2.45, 2.75) is 44.2 Å². The summed E-state index contributed by atoms with van der Waals surface area (Å²) in [5.41, 5.74) is 4.64. The molecule has 0 aliphatic heterocycles. The molecule has 0 bridgehead atoms. The zero-order chi connectivity index (χ0) is 23.8. The number of benzene rings is 2. The third kappa shape index (κ3) is 6.32. The minimum atomic E-state index is -1.14. The second-order valence-electron chi connectivity index (χ2n) is 8.18. The fourth-order valence-electron chi connectivity index (χ4n) is 4.09. The molecule has 0 saturated heterocycles. The lowest BCUT2D eigenvalue weighted by Gasteiger charge is -2.17. The number of ether oxygens (including phenoxy) is 2. The number of carbonyl (C=O) groups is 3. The van der Waals surface area contributed by atoms with E-state index in [9.17, 15) is 14.4 Å². The second-order valence-corrected chi connectivity index (χ2v) is 8.18. The Morgan fingerprint density at radius 2 is 1.61 bits per heavy atom. The number of hydrogen-bond acceptors (Lipinski definition) is 5. The Kier molecular flexibility index (Phi) is 8.43. The third-order valence-electron chi connectivity index (χ3n) is 5.72. The molecule has 0 fully saturated rings. The lowest BCUT2D eigenvalue weighted by atomic mass is 9.98. The van der Waals surface area contributed by atoms with E-state index in [1.165, 1.54) is 18.2 Å². The monoisotopic (exact) mass is 454 g/mol. The molecule has 0 saturated carbocycles. The number of carbonyl (C=O) groups excluding carboxylic acids is 2. The van der Waals surface area contributed by atoms with Crippen LogP contribution in [-0.2, 0) is 19.1 Å². The first-order valence-electron chi connectivity index (χ1n) is 11.0. The molecule has 2 aromatic carbocycles. The van der Waals surface area contributed by atoms with Crippen molar-refractivity contribution in [1.82, 2.24) is 10.6 Å². The third-order valence-corrected chi connectivity index (χ3v) is 5.72. The molecular weight excluding hydrogens is 424 g/mol. The Bertz CT molecular complexity index is 947. The molecule has 2 aromatic rings. The highest BCUT2D eigenvalue weighted by Crippen LogP contribution is 2.44. The van der Waals surface area contributed by atoms with Gasteiger partial charge in [-0.05, 0) is 42.0 Å². The number of amides is 2. The van der Waals surface area contributed by atoms with Crippen LogP contribution in [0.25, 0.3) is 11.1 Å². The number of aliphatic carboxylic acids is 1. The van der Waals surface area contributed by atoms with Crippen LogP contribution in [0.1, 0.15) is 43.2 Å². The number of fused-ring (bicyclic) bond motifs is 3. The van der Waals surface area contributed by atoms with Crippen LogP contribution in [0.15, 0.2) is 48.5 Å². The minimum Gasteiger partial charge on any atom is -0.480 e. The van der Waals surface area contributed by atoms with Crippen molar-refractivity contribution in [3.8, 4) is 11.1 Å². The van der Waals surface area contributed by atoms with Crippen molar-refractivity contribution in [2.24, 2.45) is 0 Å². The molecule has 0 radical (unpaired) electrons. The molecule has 2 unspecified atom stereocenters. The molecule has 1 aliphatic rings. The number of carboxylic acid groups (broad SMARTS) is 1. The van der Waals surface area contributed by atoms with E-state index in [1.807, 2.05) is 31.2 Å². The topological polar surface area (TPSA) is 114 Å². The Morgan fingerprint density at radius 3 is 2.18 bits per heavy atom. The molecule has 3 N–H and O–H groups in total. The van der Waals surface area contributed by atoms with Crippen LogP contribution in [0, 0.1) is 0 Å². The molecule has 0 spiro atoms. The van der Waals surface area contributed by atoms with Crippen molar-refractivity contribution in [2.75, 3.05) is 20.3 Å². The van der Waals surface area contributed by atoms with Crippen molar-refractivity contribution < 1.29 is 29.0 Å². The molecular formula is C25H30N2O6. The molecule has 2 atom stereocenters. The Balaban J connectivity index is 1.42. The number of rotatable bonds is 11. The normalized spacial score (nSPS) is 14.0. The van der Waals surface area contributed by atoms with E-state index in [2.05, 4.69) is 34.9 Å². The summed E-state index contributed by atoms with van der Waals surface area (Å²) >= 11 is 0. The van der Waals surface area contributed by atoms with Gasteiger partial charge in [0.2, 0.25) is 5.91 Å². The van der Waals surface area contributed by atoms with E-state index >= 15 is 0 Å². The minimum absolute atomic E-state index is 0.00330. The van der Waals surface area contributed by atoms with Crippen LogP contribution in [-0.4, -0.2) is 55.5 Å². The predicted octanol–water partition coefficient (Wildman–Crippen LogP) is 3.30. The zero-order valence-corrected chi connectivity index (χ0v) is 18.9. The predicted molar refractivity (Wildman–Crippen MR) is 123 cm³/mol. The summed E-state index contributed by atoms with van der Waals surface area (Å²) < 4.78 is 10.3. The van der Waals surface area contributed by atoms with Crippen LogP contribution in [0.5, 0.6) is 0 Å². The highest BCUT2D eigenvalue weighted by Gasteiger charge is 2.29. The average Bonchev–Trinajstić information content (AvgIpc) is 3.11. The fraction of sp³-hybridized carbons (Fsp3) is 0.400. The Labute approximate surface area is 193 Å². The maximum absolute atomic E-state index is 12.3. The molecule has 33 heavy (non-hydrogen) atoms. The van der Waals surface area contributed by atoms with Gasteiger partial charge in [0.1, 0.15) is 6.61 Å². The average molecular weight is 455 g/mol. The number of alkyl carbamates (subject to hydrolysis) is 1. The summed E-state index contributed by atoms with van der Waals surface area (Å²) in [5.74, 6) is -1.51. The molecule has 2 amide bonds. The lowest BCUT2D eigenvalue weighted by molar-refractivity contribution is -0.143. The molecule has 8 nitrogen and oxygen atoms in total. The van der Waals surface area contributed by atoms with Crippen molar-refractivity contribution in [1.29, 1.82) is 0 Å². The molecule has 176 valence electrons. The van der Waals surface area contributed by atoms with E-state index < -0.39 is 18.1 Å². The van der Waals surface area contributed by atoms with Gasteiger partial charge in [0.05, 0.1) is 6.61 Å². The van der Waals surface area contributed by atoms with Gasteiger partial charge in [-0.1, -0.05) is 48.5 Å². The van der Waals surface area contributed by atoms with E-state index in [-0.39, 0.29) is 37.5 Å². The summed E-state index contributed by atoms with van der Waals surface area (Å²) in [5, 5.41) is 14.3. The maximum atomic E-state index is 12.3. The molecule has 0 heterocycles. The fourth-order valence-corrected chi connectivity index (χ4v) is 4.09. The highest BCUT2D eigenvalue weighted by molar-refractivity contribution is 5.83. The van der Waals surface area contributed by atoms with Gasteiger partial charge in [-0.3, -0.25) is 4.79 Å². The van der Waals surface area contributed by atoms with E-state index in [1.54, 1.807) is 0 Å². The van der Waals surface area contributed by atoms with Gasteiger partial charge >= 0.3 is 12.1 Å². The summed E-state index contributed by atoms with van der Waals surface area (Å²) in [7, 11) is 1.37. The molecule has 0 aromatic heterocycles. The van der Waals surface area contributed by atoms with Crippen LogP contribution in [0.2, 0.25) is 0 Å². The highest BCUT2D eigenvalue weighted by atomic mass is 16.5. The maximum Gasteiger partial charge on any atom is 0.407 e. The lowest BCUT2D eigenvalue weighted by Crippen LogP contribution is -2.43. The molecule has 8 heteroatoms. The van der Waals surface area contributed by atoms with Crippen LogP contribution in [0.3, 0.4) is 0 Å². The van der Waals surface area contributed by atoms with Gasteiger partial charge in [-0.2, -0.15) is 0 Å². The Morgan fingerprint density at radius 1 is 1.00 bits per heavy atom. The summed E-state index contributed by atoms with van der Waals surface area (Å²) in [6, 6.07) is 15.0. The molecule has 3 rings (SSSR count). The number of carboxylic acids is 1. The first-order valence-corrected chi connectivity index (χ1v) is 11.0. The summed E-state index contributed by atoms with van der Waals surface area (Å²) in [6.07, 6.45) is 0.708. The van der Waals surface area contributed by atoms with Gasteiger partial charge in [-0.25, -0.2) is 9.59 Å². The van der Waals surface area contributed by atoms with Crippen LogP contribution < -0.4 is 10.6 Å². The number of nitrogens with one attached hydrogen (secondary N) is 2. The molecule has 1 aliphatic carbocycles. The second kappa shape index (κ2) is 11.5. The standard InChI is InChI=1S/C25H30N2O6/c1-16(8-7-13-23(28)27-22(15-32-2)24(29)30)26-25(31)33-14-21-19-11-5-3-9-17(19)18-10-4-6-12-20(18)21/h3-6,9-12,16,21-22H,7-8,13-15H2,1-2H3,(H,26,31)(H,27,28)(H,29,30). The van der Waals surface area contributed by atoms with Crippen LogP contribution in [0.4, 0.5) is 4.79 Å². The van der Waals surface area contributed by atoms with Gasteiger partial charge in [0, 0.05) is 25.5 Å². The van der Waals surface area contributed by atoms with Gasteiger partial charge in [0.25, 0.3) is 0 Å². The summed E-state index contributed by atoms with van der Waals surface area (Å²) in [4.78, 5) is 35.3. The smallest absolute Gasteiger partial charge is 0.407 e. The van der Waals surface area contributed by atoms with Crippen LogP contribution >= 0.6 is 0 Å². The van der Waals surface area contributed by atoms with E-state index in [0.29, 0.717) is 12.8 Å². The quantitative estimate of drug-likeness (QED) is 0.480. The first kappa shape index (κ1) is 24.3. The van der Waals surface area contributed by atoms with Gasteiger partial charge < -0.3 is 25.2 Å². The number of hydrogen-bond donors (Lipinski definition) is 3. The first-order chi connectivity index (χ1) is 15.9. The SMILES string of the molecule is COCC(NC(=O)CCCC(C)NC(=O)OCC1c2ccccc2-c2ccccc21)C(=O)O. The van der Waals surface area contributed by atoms with Gasteiger partial charge in [0.15, 0.2) is 6.04 Å².